The highest BCUT2D eigenvalue weighted by atomic mass is 19.4. The predicted octanol–water partition coefficient (Wildman–Crippen LogP) is 4.02. The summed E-state index contributed by atoms with van der Waals surface area (Å²) in [4.78, 5) is 12.2. The van der Waals surface area contributed by atoms with E-state index >= 15 is 0 Å². The van der Waals surface area contributed by atoms with E-state index < -0.39 is 29.4 Å². The minimum absolute atomic E-state index is 0.00960. The van der Waals surface area contributed by atoms with Gasteiger partial charge in [0.1, 0.15) is 0 Å². The van der Waals surface area contributed by atoms with Crippen LogP contribution in [0.25, 0.3) is 0 Å². The molecule has 2 rings (SSSR count). The zero-order valence-electron chi connectivity index (χ0n) is 13.8. The number of hydrogen-bond donors (Lipinski definition) is 1. The molecule has 0 unspecified atom stereocenters. The summed E-state index contributed by atoms with van der Waals surface area (Å²) in [5, 5.41) is 6.29. The van der Waals surface area contributed by atoms with Crippen LogP contribution in [0.3, 0.4) is 0 Å². The van der Waals surface area contributed by atoms with Crippen LogP contribution in [0.1, 0.15) is 54.3 Å². The quantitative estimate of drug-likeness (QED) is 0.894. The third-order valence-electron chi connectivity index (χ3n) is 3.74. The molecule has 0 radical (unpaired) electrons. The Balaban J connectivity index is 2.16. The molecular weight excluding hydrogens is 319 g/mol. The van der Waals surface area contributed by atoms with Gasteiger partial charge in [-0.25, -0.2) is 0 Å². The lowest BCUT2D eigenvalue weighted by Crippen LogP contribution is -2.30. The molecule has 1 N–H and O–H groups in total. The number of nitrogens with zero attached hydrogens (tertiary/aromatic N) is 2. The molecule has 0 aliphatic heterocycles. The molecule has 24 heavy (non-hydrogen) atoms. The number of alkyl halides is 3. The number of hydrogen-bond acceptors (Lipinski definition) is 2. The molecule has 0 saturated carbocycles. The summed E-state index contributed by atoms with van der Waals surface area (Å²) in [7, 11) is 0. The second-order valence-electron chi connectivity index (χ2n) is 5.96. The van der Waals surface area contributed by atoms with Crippen LogP contribution in [-0.4, -0.2) is 22.2 Å². The number of rotatable bonds is 5. The van der Waals surface area contributed by atoms with Crippen LogP contribution in [0.5, 0.6) is 0 Å². The van der Waals surface area contributed by atoms with Crippen LogP contribution in [0.15, 0.2) is 36.5 Å². The summed E-state index contributed by atoms with van der Waals surface area (Å²) >= 11 is 0. The average molecular weight is 339 g/mol. The van der Waals surface area contributed by atoms with Crippen molar-refractivity contribution >= 4 is 5.91 Å². The molecule has 1 aromatic heterocycles. The van der Waals surface area contributed by atoms with Gasteiger partial charge in [-0.15, -0.1) is 0 Å². The first kappa shape index (κ1) is 18.0. The fourth-order valence-corrected chi connectivity index (χ4v) is 2.44. The molecule has 2 aromatic rings. The van der Waals surface area contributed by atoms with Gasteiger partial charge in [-0.2, -0.15) is 18.3 Å². The van der Waals surface area contributed by atoms with Crippen LogP contribution in [0.4, 0.5) is 13.2 Å². The molecule has 0 aliphatic carbocycles. The van der Waals surface area contributed by atoms with Crippen molar-refractivity contribution in [1.29, 1.82) is 0 Å². The molecule has 0 aliphatic rings. The molecule has 1 amide bonds. The van der Waals surface area contributed by atoms with Gasteiger partial charge in [0.05, 0.1) is 11.8 Å². The third-order valence-corrected chi connectivity index (χ3v) is 3.74. The fourth-order valence-electron chi connectivity index (χ4n) is 2.44. The summed E-state index contributed by atoms with van der Waals surface area (Å²) < 4.78 is 40.7. The van der Waals surface area contributed by atoms with Crippen LogP contribution in [-0.2, 0) is 6.18 Å². The van der Waals surface area contributed by atoms with Crippen LogP contribution in [0, 0.1) is 0 Å². The number of carbonyl (C=O) groups is 1. The van der Waals surface area contributed by atoms with E-state index in [0.717, 1.165) is 16.4 Å². The number of carbonyl (C=O) groups excluding carboxylic acids is 1. The second-order valence-corrected chi connectivity index (χ2v) is 5.96. The van der Waals surface area contributed by atoms with Crippen LogP contribution < -0.4 is 5.32 Å². The maximum absolute atomic E-state index is 13.3. The number of nitrogens with one attached hydrogen (secondary N) is 1. The molecule has 7 heteroatoms. The third kappa shape index (κ3) is 3.96. The highest BCUT2D eigenvalue weighted by molar-refractivity contribution is 5.95. The van der Waals surface area contributed by atoms with Gasteiger partial charge in [0.15, 0.2) is 5.69 Å². The standard InChI is InChI=1S/C17H20F3N3O/c1-11(2)23-15(17(18,19)20)14(10-22-23)16(24)21-9-12(3)13-7-5-4-6-8-13/h4-8,10-12H,9H2,1-3H3,(H,21,24)/t12-/m0/s1. The van der Waals surface area contributed by atoms with E-state index in [4.69, 9.17) is 0 Å². The van der Waals surface area contributed by atoms with Crippen molar-refractivity contribution in [3.8, 4) is 0 Å². The molecular formula is C17H20F3N3O. The zero-order valence-corrected chi connectivity index (χ0v) is 13.8. The van der Waals surface area contributed by atoms with Crippen molar-refractivity contribution in [3.63, 3.8) is 0 Å². The first-order valence-electron chi connectivity index (χ1n) is 7.69. The average Bonchev–Trinajstić information content (AvgIpc) is 2.98. The lowest BCUT2D eigenvalue weighted by molar-refractivity contribution is -0.145. The summed E-state index contributed by atoms with van der Waals surface area (Å²) in [6, 6.07) is 8.96. The first-order chi connectivity index (χ1) is 11.2. The van der Waals surface area contributed by atoms with Crippen molar-refractivity contribution in [2.75, 3.05) is 6.54 Å². The van der Waals surface area contributed by atoms with Gasteiger partial charge >= 0.3 is 6.18 Å². The lowest BCUT2D eigenvalue weighted by Gasteiger charge is -2.16. The van der Waals surface area contributed by atoms with Crippen molar-refractivity contribution < 1.29 is 18.0 Å². The molecule has 1 atom stereocenters. The van der Waals surface area contributed by atoms with E-state index in [1.165, 1.54) is 0 Å². The Morgan fingerprint density at radius 2 is 1.83 bits per heavy atom. The highest BCUT2D eigenvalue weighted by Gasteiger charge is 2.40. The maximum atomic E-state index is 13.3. The molecule has 1 aromatic carbocycles. The Hall–Kier alpha value is -2.31. The minimum atomic E-state index is -4.64. The predicted molar refractivity (Wildman–Crippen MR) is 84.8 cm³/mol. The number of aromatic nitrogens is 2. The lowest BCUT2D eigenvalue weighted by atomic mass is 10.0. The Labute approximate surface area is 138 Å². The van der Waals surface area contributed by atoms with E-state index in [2.05, 4.69) is 10.4 Å². The van der Waals surface area contributed by atoms with Crippen molar-refractivity contribution in [2.24, 2.45) is 0 Å². The summed E-state index contributed by atoms with van der Waals surface area (Å²) in [5.74, 6) is -0.776. The van der Waals surface area contributed by atoms with E-state index in [9.17, 15) is 18.0 Å². The molecule has 0 bridgehead atoms. The Bertz CT molecular complexity index is 693. The van der Waals surface area contributed by atoms with Crippen molar-refractivity contribution in [2.45, 2.75) is 38.9 Å². The molecule has 130 valence electrons. The topological polar surface area (TPSA) is 46.9 Å². The normalized spacial score (nSPS) is 13.1. The largest absolute Gasteiger partial charge is 0.433 e. The summed E-state index contributed by atoms with van der Waals surface area (Å²) in [6.07, 6.45) is -3.66. The van der Waals surface area contributed by atoms with Gasteiger partial charge in [-0.1, -0.05) is 37.3 Å². The van der Waals surface area contributed by atoms with E-state index in [-0.39, 0.29) is 12.5 Å². The molecule has 1 heterocycles. The summed E-state index contributed by atoms with van der Waals surface area (Å²) in [5.41, 5.74) is -0.453. The van der Waals surface area contributed by atoms with Gasteiger partial charge in [0.25, 0.3) is 5.91 Å². The van der Waals surface area contributed by atoms with E-state index in [1.54, 1.807) is 13.8 Å². The van der Waals surface area contributed by atoms with E-state index in [1.807, 2.05) is 37.3 Å². The molecule has 0 fully saturated rings. The van der Waals surface area contributed by atoms with Crippen molar-refractivity contribution in [1.82, 2.24) is 15.1 Å². The van der Waals surface area contributed by atoms with Gasteiger partial charge in [-0.3, -0.25) is 9.48 Å². The van der Waals surface area contributed by atoms with Crippen LogP contribution in [0.2, 0.25) is 0 Å². The molecule has 4 nitrogen and oxygen atoms in total. The smallest absolute Gasteiger partial charge is 0.351 e. The SMILES string of the molecule is CC(C)n1ncc(C(=O)NC[C@H](C)c2ccccc2)c1C(F)(F)F. The zero-order chi connectivity index (χ0) is 17.9. The number of benzene rings is 1. The van der Waals surface area contributed by atoms with Gasteiger partial charge in [0, 0.05) is 12.6 Å². The Morgan fingerprint density at radius 3 is 2.38 bits per heavy atom. The molecule has 0 saturated heterocycles. The van der Waals surface area contributed by atoms with Crippen molar-refractivity contribution in [3.05, 3.63) is 53.3 Å². The van der Waals surface area contributed by atoms with Gasteiger partial charge in [0.2, 0.25) is 0 Å². The first-order valence-corrected chi connectivity index (χ1v) is 7.69. The number of halogens is 3. The Kier molecular flexibility index (Phi) is 5.31. The second kappa shape index (κ2) is 7.07. The number of amides is 1. The van der Waals surface area contributed by atoms with Gasteiger partial charge in [-0.05, 0) is 25.3 Å². The van der Waals surface area contributed by atoms with E-state index in [0.29, 0.717) is 0 Å². The molecule has 0 spiro atoms. The monoisotopic (exact) mass is 339 g/mol. The summed E-state index contributed by atoms with van der Waals surface area (Å²) in [6.45, 7) is 5.31. The Morgan fingerprint density at radius 1 is 1.21 bits per heavy atom. The maximum Gasteiger partial charge on any atom is 0.433 e. The fraction of sp³-hybridized carbons (Fsp3) is 0.412. The van der Waals surface area contributed by atoms with Crippen LogP contribution >= 0.6 is 0 Å². The highest BCUT2D eigenvalue weighted by Crippen LogP contribution is 2.33. The minimum Gasteiger partial charge on any atom is -0.351 e. The van der Waals surface area contributed by atoms with Gasteiger partial charge < -0.3 is 5.32 Å².